The number of aryl methyl sites for hydroxylation is 1. The minimum Gasteiger partial charge on any atom is -0.384 e. The van der Waals surface area contributed by atoms with Crippen LogP contribution in [-0.2, 0) is 5.60 Å². The molecular weight excluding hydrogens is 258 g/mol. The maximum absolute atomic E-state index is 11.9. The number of carbonyl (C=O) groups excluding carboxylic acids is 1. The Balaban J connectivity index is 2.00. The molecule has 1 aromatic carbocycles. The SMILES string of the molecule is Cc1csc(C(=O)NCC(C)(O)c2ccccc2)c1. The zero-order valence-corrected chi connectivity index (χ0v) is 11.8. The van der Waals surface area contributed by atoms with Gasteiger partial charge in [-0.25, -0.2) is 0 Å². The quantitative estimate of drug-likeness (QED) is 0.901. The van der Waals surface area contributed by atoms with E-state index in [-0.39, 0.29) is 12.5 Å². The Morgan fingerprint density at radius 1 is 1.37 bits per heavy atom. The number of hydrogen-bond donors (Lipinski definition) is 2. The van der Waals surface area contributed by atoms with Gasteiger partial charge in [-0.3, -0.25) is 4.79 Å². The molecule has 0 fully saturated rings. The second-order valence-electron chi connectivity index (χ2n) is 4.81. The summed E-state index contributed by atoms with van der Waals surface area (Å²) < 4.78 is 0. The van der Waals surface area contributed by atoms with Crippen LogP contribution in [0, 0.1) is 6.92 Å². The second kappa shape index (κ2) is 5.55. The maximum Gasteiger partial charge on any atom is 0.261 e. The highest BCUT2D eigenvalue weighted by Crippen LogP contribution is 2.19. The highest BCUT2D eigenvalue weighted by Gasteiger charge is 2.23. The van der Waals surface area contributed by atoms with Gasteiger partial charge in [-0.2, -0.15) is 0 Å². The van der Waals surface area contributed by atoms with E-state index < -0.39 is 5.60 Å². The van der Waals surface area contributed by atoms with E-state index in [9.17, 15) is 9.90 Å². The predicted octanol–water partition coefficient (Wildman–Crippen LogP) is 2.69. The van der Waals surface area contributed by atoms with Crippen LogP contribution in [0.5, 0.6) is 0 Å². The fourth-order valence-corrected chi connectivity index (χ4v) is 2.60. The van der Waals surface area contributed by atoms with Crippen LogP contribution in [0.1, 0.15) is 27.7 Å². The van der Waals surface area contributed by atoms with E-state index in [1.54, 1.807) is 6.92 Å². The van der Waals surface area contributed by atoms with Crippen molar-refractivity contribution < 1.29 is 9.90 Å². The third-order valence-electron chi connectivity index (χ3n) is 2.94. The van der Waals surface area contributed by atoms with Gasteiger partial charge in [0.1, 0.15) is 5.60 Å². The van der Waals surface area contributed by atoms with E-state index in [2.05, 4.69) is 5.32 Å². The van der Waals surface area contributed by atoms with Crippen molar-refractivity contribution in [2.24, 2.45) is 0 Å². The molecule has 0 saturated carbocycles. The van der Waals surface area contributed by atoms with E-state index in [4.69, 9.17) is 0 Å². The lowest BCUT2D eigenvalue weighted by atomic mass is 9.96. The lowest BCUT2D eigenvalue weighted by Gasteiger charge is -2.24. The van der Waals surface area contributed by atoms with E-state index in [1.165, 1.54) is 11.3 Å². The topological polar surface area (TPSA) is 49.3 Å². The Labute approximate surface area is 116 Å². The minimum atomic E-state index is -1.07. The van der Waals surface area contributed by atoms with Gasteiger partial charge in [0.25, 0.3) is 5.91 Å². The first-order valence-corrected chi connectivity index (χ1v) is 6.98. The standard InChI is InChI=1S/C15H17NO2S/c1-11-8-13(19-9-11)14(17)16-10-15(2,18)12-6-4-3-5-7-12/h3-9,18H,10H2,1-2H3,(H,16,17). The number of hydrogen-bond acceptors (Lipinski definition) is 3. The van der Waals surface area contributed by atoms with E-state index >= 15 is 0 Å². The van der Waals surface area contributed by atoms with E-state index in [1.807, 2.05) is 48.7 Å². The largest absolute Gasteiger partial charge is 0.384 e. The summed E-state index contributed by atoms with van der Waals surface area (Å²) in [5.74, 6) is -0.144. The number of amides is 1. The molecule has 1 amide bonds. The number of rotatable bonds is 4. The molecule has 100 valence electrons. The summed E-state index contributed by atoms with van der Waals surface area (Å²) in [5, 5.41) is 15.1. The number of benzene rings is 1. The first kappa shape index (κ1) is 13.8. The van der Waals surface area contributed by atoms with Gasteiger partial charge in [0, 0.05) is 0 Å². The van der Waals surface area contributed by atoms with Gasteiger partial charge in [-0.15, -0.1) is 11.3 Å². The highest BCUT2D eigenvalue weighted by atomic mass is 32.1. The molecule has 0 radical (unpaired) electrons. The second-order valence-corrected chi connectivity index (χ2v) is 5.72. The molecule has 2 rings (SSSR count). The molecule has 0 aliphatic carbocycles. The van der Waals surface area contributed by atoms with Crippen LogP contribution in [0.15, 0.2) is 41.8 Å². The highest BCUT2D eigenvalue weighted by molar-refractivity contribution is 7.12. The zero-order chi connectivity index (χ0) is 13.9. The molecule has 3 nitrogen and oxygen atoms in total. The van der Waals surface area contributed by atoms with Gasteiger partial charge in [-0.05, 0) is 36.4 Å². The monoisotopic (exact) mass is 275 g/mol. The van der Waals surface area contributed by atoms with Crippen molar-refractivity contribution in [1.82, 2.24) is 5.32 Å². The molecule has 19 heavy (non-hydrogen) atoms. The van der Waals surface area contributed by atoms with Crippen LogP contribution in [0.3, 0.4) is 0 Å². The smallest absolute Gasteiger partial charge is 0.261 e. The van der Waals surface area contributed by atoms with E-state index in [0.29, 0.717) is 4.88 Å². The summed E-state index contributed by atoms with van der Waals surface area (Å²) in [4.78, 5) is 12.6. The van der Waals surface area contributed by atoms with Crippen LogP contribution in [0.4, 0.5) is 0 Å². The summed E-state index contributed by atoms with van der Waals surface area (Å²) in [6.45, 7) is 3.84. The van der Waals surface area contributed by atoms with Gasteiger partial charge in [0.15, 0.2) is 0 Å². The molecule has 0 saturated heterocycles. The number of carbonyl (C=O) groups is 1. The van der Waals surface area contributed by atoms with Gasteiger partial charge in [-0.1, -0.05) is 30.3 Å². The number of aliphatic hydroxyl groups is 1. The molecule has 4 heteroatoms. The summed E-state index contributed by atoms with van der Waals surface area (Å²) >= 11 is 1.41. The Kier molecular flexibility index (Phi) is 4.02. The molecule has 1 atom stereocenters. The van der Waals surface area contributed by atoms with Gasteiger partial charge >= 0.3 is 0 Å². The Bertz CT molecular complexity index is 561. The van der Waals surface area contributed by atoms with Crippen LogP contribution >= 0.6 is 11.3 Å². The summed E-state index contributed by atoms with van der Waals surface area (Å²) in [5.41, 5.74) is 0.797. The van der Waals surface area contributed by atoms with Crippen molar-refractivity contribution >= 4 is 17.2 Å². The molecule has 0 aliphatic rings. The summed E-state index contributed by atoms with van der Waals surface area (Å²) in [6, 6.07) is 11.2. The molecule has 0 bridgehead atoms. The molecule has 1 unspecified atom stereocenters. The summed E-state index contributed by atoms with van der Waals surface area (Å²) in [6.07, 6.45) is 0. The lowest BCUT2D eigenvalue weighted by molar-refractivity contribution is 0.0527. The van der Waals surface area contributed by atoms with E-state index in [0.717, 1.165) is 11.1 Å². The van der Waals surface area contributed by atoms with Gasteiger partial charge < -0.3 is 10.4 Å². The molecule has 2 aromatic rings. The maximum atomic E-state index is 11.9. The van der Waals surface area contributed by atoms with Crippen LogP contribution in [0.25, 0.3) is 0 Å². The Morgan fingerprint density at radius 3 is 2.63 bits per heavy atom. The third kappa shape index (κ3) is 3.43. The molecular formula is C15H17NO2S. The normalized spacial score (nSPS) is 13.8. The van der Waals surface area contributed by atoms with Crippen molar-refractivity contribution in [3.8, 4) is 0 Å². The van der Waals surface area contributed by atoms with Crippen LogP contribution in [0.2, 0.25) is 0 Å². The van der Waals surface area contributed by atoms with Crippen LogP contribution < -0.4 is 5.32 Å². The van der Waals surface area contributed by atoms with Gasteiger partial charge in [0.05, 0.1) is 11.4 Å². The van der Waals surface area contributed by atoms with Crippen molar-refractivity contribution in [2.75, 3.05) is 6.54 Å². The fraction of sp³-hybridized carbons (Fsp3) is 0.267. The van der Waals surface area contributed by atoms with Crippen LogP contribution in [-0.4, -0.2) is 17.6 Å². The average molecular weight is 275 g/mol. The van der Waals surface area contributed by atoms with Crippen molar-refractivity contribution in [3.05, 3.63) is 57.8 Å². The number of nitrogens with one attached hydrogen (secondary N) is 1. The first-order chi connectivity index (χ1) is 8.99. The van der Waals surface area contributed by atoms with Crippen molar-refractivity contribution in [2.45, 2.75) is 19.4 Å². The Hall–Kier alpha value is -1.65. The molecule has 1 aromatic heterocycles. The molecule has 0 spiro atoms. The Morgan fingerprint density at radius 2 is 2.05 bits per heavy atom. The molecule has 2 N–H and O–H groups in total. The molecule has 0 aliphatic heterocycles. The first-order valence-electron chi connectivity index (χ1n) is 6.10. The fourth-order valence-electron chi connectivity index (χ4n) is 1.79. The van der Waals surface area contributed by atoms with Crippen molar-refractivity contribution in [1.29, 1.82) is 0 Å². The zero-order valence-electron chi connectivity index (χ0n) is 11.0. The average Bonchev–Trinajstić information content (AvgIpc) is 2.84. The predicted molar refractivity (Wildman–Crippen MR) is 77.4 cm³/mol. The number of thiophene rings is 1. The summed E-state index contributed by atoms with van der Waals surface area (Å²) in [7, 11) is 0. The minimum absolute atomic E-state index is 0.144. The third-order valence-corrected chi connectivity index (χ3v) is 3.99. The lowest BCUT2D eigenvalue weighted by Crippen LogP contribution is -2.38. The molecule has 1 heterocycles. The van der Waals surface area contributed by atoms with Gasteiger partial charge in [0.2, 0.25) is 0 Å². The van der Waals surface area contributed by atoms with Crippen molar-refractivity contribution in [3.63, 3.8) is 0 Å².